The van der Waals surface area contributed by atoms with Crippen molar-refractivity contribution in [3.8, 4) is 0 Å². The maximum atomic E-state index is 12.7. The standard InChI is InChI=1S/C14H19ClN2O4S/c1-10(2)16-14(18)11-3-4-12(15)13(9-11)22(19,20)17-5-7-21-8-6-17/h3-4,9-10H,5-8H2,1-2H3,(H,16,18). The molecule has 0 bridgehead atoms. The number of ether oxygens (including phenoxy) is 1. The number of halogens is 1. The lowest BCUT2D eigenvalue weighted by Crippen LogP contribution is -2.40. The van der Waals surface area contributed by atoms with Crippen LogP contribution in [-0.4, -0.2) is 51.0 Å². The molecule has 22 heavy (non-hydrogen) atoms. The first-order valence-electron chi connectivity index (χ1n) is 7.00. The van der Waals surface area contributed by atoms with Crippen LogP contribution in [0.5, 0.6) is 0 Å². The highest BCUT2D eigenvalue weighted by Gasteiger charge is 2.29. The monoisotopic (exact) mass is 346 g/mol. The fourth-order valence-corrected chi connectivity index (χ4v) is 4.02. The van der Waals surface area contributed by atoms with Crippen molar-refractivity contribution in [2.45, 2.75) is 24.8 Å². The third-order valence-corrected chi connectivity index (χ3v) is 5.58. The summed E-state index contributed by atoms with van der Waals surface area (Å²) >= 11 is 6.04. The molecule has 2 rings (SSSR count). The molecule has 6 nitrogen and oxygen atoms in total. The van der Waals surface area contributed by atoms with Gasteiger partial charge in [0.2, 0.25) is 10.0 Å². The number of sulfonamides is 1. The minimum atomic E-state index is -3.74. The molecule has 0 spiro atoms. The first-order chi connectivity index (χ1) is 10.3. The number of carbonyl (C=O) groups is 1. The molecular formula is C14H19ClN2O4S. The number of benzene rings is 1. The first kappa shape index (κ1) is 17.2. The summed E-state index contributed by atoms with van der Waals surface area (Å²) in [5.74, 6) is -0.329. The van der Waals surface area contributed by atoms with Crippen LogP contribution in [0.2, 0.25) is 5.02 Å². The van der Waals surface area contributed by atoms with Gasteiger partial charge in [-0.2, -0.15) is 4.31 Å². The zero-order valence-corrected chi connectivity index (χ0v) is 14.1. The zero-order chi connectivity index (χ0) is 16.3. The van der Waals surface area contributed by atoms with Crippen molar-refractivity contribution in [3.63, 3.8) is 0 Å². The van der Waals surface area contributed by atoms with E-state index in [2.05, 4.69) is 5.32 Å². The fourth-order valence-electron chi connectivity index (χ4n) is 2.11. The van der Waals surface area contributed by atoms with E-state index in [4.69, 9.17) is 16.3 Å². The van der Waals surface area contributed by atoms with Crippen LogP contribution in [0.15, 0.2) is 23.1 Å². The molecule has 8 heteroatoms. The van der Waals surface area contributed by atoms with Gasteiger partial charge in [-0.25, -0.2) is 8.42 Å². The fraction of sp³-hybridized carbons (Fsp3) is 0.500. The van der Waals surface area contributed by atoms with Crippen molar-refractivity contribution in [1.29, 1.82) is 0 Å². The molecule has 122 valence electrons. The number of nitrogens with one attached hydrogen (secondary N) is 1. The van der Waals surface area contributed by atoms with Gasteiger partial charge in [-0.15, -0.1) is 0 Å². The van der Waals surface area contributed by atoms with E-state index in [9.17, 15) is 13.2 Å². The van der Waals surface area contributed by atoms with Gasteiger partial charge in [-0.3, -0.25) is 4.79 Å². The Morgan fingerprint density at radius 1 is 1.32 bits per heavy atom. The lowest BCUT2D eigenvalue weighted by Gasteiger charge is -2.26. The van der Waals surface area contributed by atoms with E-state index in [0.717, 1.165) is 0 Å². The third-order valence-electron chi connectivity index (χ3n) is 3.20. The van der Waals surface area contributed by atoms with Gasteiger partial charge in [-0.1, -0.05) is 11.6 Å². The summed E-state index contributed by atoms with van der Waals surface area (Å²) in [6.07, 6.45) is 0. The van der Waals surface area contributed by atoms with E-state index in [1.54, 1.807) is 0 Å². The maximum Gasteiger partial charge on any atom is 0.251 e. The zero-order valence-electron chi connectivity index (χ0n) is 12.5. The molecule has 1 fully saturated rings. The summed E-state index contributed by atoms with van der Waals surface area (Å²) in [5.41, 5.74) is 0.268. The van der Waals surface area contributed by atoms with Crippen LogP contribution in [0.1, 0.15) is 24.2 Å². The van der Waals surface area contributed by atoms with Gasteiger partial charge in [0.15, 0.2) is 0 Å². The number of morpholine rings is 1. The molecule has 1 aliphatic rings. The largest absolute Gasteiger partial charge is 0.379 e. The molecular weight excluding hydrogens is 328 g/mol. The normalized spacial score (nSPS) is 16.7. The Hall–Kier alpha value is -1.15. The van der Waals surface area contributed by atoms with Gasteiger partial charge in [0.05, 0.1) is 18.2 Å². The quantitative estimate of drug-likeness (QED) is 0.896. The van der Waals surface area contributed by atoms with E-state index in [1.807, 2.05) is 13.8 Å². The Morgan fingerprint density at radius 3 is 2.55 bits per heavy atom. The van der Waals surface area contributed by atoms with E-state index in [-0.39, 0.29) is 40.5 Å². The molecule has 1 aliphatic heterocycles. The van der Waals surface area contributed by atoms with Crippen LogP contribution in [-0.2, 0) is 14.8 Å². The maximum absolute atomic E-state index is 12.7. The highest BCUT2D eigenvalue weighted by molar-refractivity contribution is 7.89. The van der Waals surface area contributed by atoms with Crippen molar-refractivity contribution < 1.29 is 17.9 Å². The Bertz CT molecular complexity index is 655. The van der Waals surface area contributed by atoms with Crippen molar-refractivity contribution in [3.05, 3.63) is 28.8 Å². The van der Waals surface area contributed by atoms with Gasteiger partial charge in [-0.05, 0) is 32.0 Å². The Kier molecular flexibility index (Phi) is 5.44. The summed E-state index contributed by atoms with van der Waals surface area (Å²) < 4.78 is 31.8. The van der Waals surface area contributed by atoms with Gasteiger partial charge < -0.3 is 10.1 Å². The molecule has 1 aromatic rings. The summed E-state index contributed by atoms with van der Waals surface area (Å²) in [5, 5.41) is 2.83. The number of rotatable bonds is 4. The second-order valence-electron chi connectivity index (χ2n) is 5.29. The van der Waals surface area contributed by atoms with E-state index in [0.29, 0.717) is 13.2 Å². The predicted molar refractivity (Wildman–Crippen MR) is 83.6 cm³/mol. The summed E-state index contributed by atoms with van der Waals surface area (Å²) in [6.45, 7) is 4.93. The molecule has 1 amide bonds. The first-order valence-corrected chi connectivity index (χ1v) is 8.82. The Morgan fingerprint density at radius 2 is 1.95 bits per heavy atom. The molecule has 0 unspecified atom stereocenters. The number of hydrogen-bond acceptors (Lipinski definition) is 4. The van der Waals surface area contributed by atoms with Crippen molar-refractivity contribution >= 4 is 27.5 Å². The molecule has 0 aliphatic carbocycles. The average Bonchev–Trinajstić information content (AvgIpc) is 2.47. The Balaban J connectivity index is 2.35. The van der Waals surface area contributed by atoms with Crippen LogP contribution in [0, 0.1) is 0 Å². The van der Waals surface area contributed by atoms with Crippen molar-refractivity contribution in [2.24, 2.45) is 0 Å². The molecule has 1 saturated heterocycles. The number of amides is 1. The van der Waals surface area contributed by atoms with Gasteiger partial charge in [0, 0.05) is 24.7 Å². The van der Waals surface area contributed by atoms with E-state index in [1.165, 1.54) is 22.5 Å². The minimum absolute atomic E-state index is 0.0394. The van der Waals surface area contributed by atoms with Crippen LogP contribution >= 0.6 is 11.6 Å². The SMILES string of the molecule is CC(C)NC(=O)c1ccc(Cl)c(S(=O)(=O)N2CCOCC2)c1. The molecule has 0 radical (unpaired) electrons. The second kappa shape index (κ2) is 6.95. The van der Waals surface area contributed by atoms with Gasteiger partial charge in [0.1, 0.15) is 4.90 Å². The van der Waals surface area contributed by atoms with Gasteiger partial charge in [0.25, 0.3) is 5.91 Å². The molecule has 1 aromatic carbocycles. The highest BCUT2D eigenvalue weighted by atomic mass is 35.5. The van der Waals surface area contributed by atoms with E-state index < -0.39 is 10.0 Å². The van der Waals surface area contributed by atoms with Crippen LogP contribution < -0.4 is 5.32 Å². The number of carbonyl (C=O) groups excluding carboxylic acids is 1. The van der Waals surface area contributed by atoms with Crippen molar-refractivity contribution in [2.75, 3.05) is 26.3 Å². The topological polar surface area (TPSA) is 75.7 Å². The average molecular weight is 347 g/mol. The second-order valence-corrected chi connectivity index (χ2v) is 7.60. The Labute approximate surface area is 135 Å². The molecule has 1 N–H and O–H groups in total. The van der Waals surface area contributed by atoms with E-state index >= 15 is 0 Å². The summed E-state index contributed by atoms with van der Waals surface area (Å²) in [4.78, 5) is 12.0. The minimum Gasteiger partial charge on any atom is -0.379 e. The summed E-state index contributed by atoms with van der Waals surface area (Å²) in [6, 6.07) is 4.23. The molecule has 0 aromatic heterocycles. The summed E-state index contributed by atoms with van der Waals surface area (Å²) in [7, 11) is -3.74. The van der Waals surface area contributed by atoms with Crippen LogP contribution in [0.3, 0.4) is 0 Å². The number of hydrogen-bond donors (Lipinski definition) is 1. The lowest BCUT2D eigenvalue weighted by molar-refractivity contribution is 0.0730. The lowest BCUT2D eigenvalue weighted by atomic mass is 10.2. The van der Waals surface area contributed by atoms with Crippen LogP contribution in [0.25, 0.3) is 0 Å². The third kappa shape index (κ3) is 3.78. The van der Waals surface area contributed by atoms with Crippen molar-refractivity contribution in [1.82, 2.24) is 9.62 Å². The highest BCUT2D eigenvalue weighted by Crippen LogP contribution is 2.26. The smallest absolute Gasteiger partial charge is 0.251 e. The molecule has 0 saturated carbocycles. The van der Waals surface area contributed by atoms with Crippen LogP contribution in [0.4, 0.5) is 0 Å². The number of nitrogens with zero attached hydrogens (tertiary/aromatic N) is 1. The van der Waals surface area contributed by atoms with Gasteiger partial charge >= 0.3 is 0 Å². The predicted octanol–water partition coefficient (Wildman–Crippen LogP) is 1.50. The molecule has 1 heterocycles. The molecule has 0 atom stereocenters.